The highest BCUT2D eigenvalue weighted by molar-refractivity contribution is 6.31. The largest absolute Gasteiger partial charge is 0.493 e. The van der Waals surface area contributed by atoms with Crippen LogP contribution in [0.25, 0.3) is 0 Å². The third kappa shape index (κ3) is 5.52. The Morgan fingerprint density at radius 2 is 2.03 bits per heavy atom. The molecular formula is C23H24ClN5O5. The number of ether oxygens (including phenoxy) is 2. The number of hydrazone groups is 1. The molecule has 10 nitrogen and oxygen atoms in total. The van der Waals surface area contributed by atoms with Crippen molar-refractivity contribution in [3.8, 4) is 11.5 Å². The summed E-state index contributed by atoms with van der Waals surface area (Å²) in [6.07, 6.45) is 1.45. The lowest BCUT2D eigenvalue weighted by Gasteiger charge is -2.12. The molecule has 11 heteroatoms. The third-order valence-electron chi connectivity index (χ3n) is 5.13. The fourth-order valence-corrected chi connectivity index (χ4v) is 3.52. The van der Waals surface area contributed by atoms with Crippen molar-refractivity contribution in [2.45, 2.75) is 33.4 Å². The Labute approximate surface area is 201 Å². The number of aryl methyl sites for hydroxylation is 1. The van der Waals surface area contributed by atoms with E-state index in [1.54, 1.807) is 38.1 Å². The molecule has 0 saturated heterocycles. The van der Waals surface area contributed by atoms with Crippen molar-refractivity contribution >= 4 is 29.4 Å². The first-order valence-electron chi connectivity index (χ1n) is 10.3. The molecule has 0 aliphatic heterocycles. The minimum Gasteiger partial charge on any atom is -0.493 e. The Bertz CT molecular complexity index is 1240. The van der Waals surface area contributed by atoms with E-state index >= 15 is 0 Å². The fraction of sp³-hybridized carbons (Fsp3) is 0.261. The number of carbonyl (C=O) groups excluding carboxylic acids is 1. The minimum absolute atomic E-state index is 0.105. The van der Waals surface area contributed by atoms with E-state index in [9.17, 15) is 14.9 Å². The van der Waals surface area contributed by atoms with Crippen LogP contribution in [0.5, 0.6) is 11.5 Å². The van der Waals surface area contributed by atoms with Gasteiger partial charge >= 0.3 is 5.69 Å². The van der Waals surface area contributed by atoms with Crippen LogP contribution < -0.4 is 14.9 Å². The van der Waals surface area contributed by atoms with Crippen molar-refractivity contribution in [1.29, 1.82) is 0 Å². The van der Waals surface area contributed by atoms with Gasteiger partial charge in [-0.05, 0) is 50.6 Å². The van der Waals surface area contributed by atoms with Crippen molar-refractivity contribution in [2.24, 2.45) is 5.10 Å². The summed E-state index contributed by atoms with van der Waals surface area (Å²) in [5.74, 6) is 0.553. The standard InChI is InChI=1S/C23H24ClN5O5/c1-14-22(29(31)32)15(2)28(27-14)16(3)23(30)26-25-12-17-9-10-20(21(11-17)33-4)34-13-18-7-5-6-8-19(18)24/h5-12,16H,13H2,1-4H3,(H,26,30). The van der Waals surface area contributed by atoms with Gasteiger partial charge in [0.25, 0.3) is 5.91 Å². The molecule has 3 rings (SSSR count). The Morgan fingerprint density at radius 3 is 2.68 bits per heavy atom. The second-order valence-electron chi connectivity index (χ2n) is 7.42. The summed E-state index contributed by atoms with van der Waals surface area (Å²) in [6, 6.07) is 11.8. The number of rotatable bonds is 9. The predicted octanol–water partition coefficient (Wildman–Crippen LogP) is 4.36. The SMILES string of the molecule is COc1cc(C=NNC(=O)C(C)n2nc(C)c([N+](=O)[O-])c2C)ccc1OCc1ccccc1Cl. The van der Waals surface area contributed by atoms with Gasteiger partial charge in [0.15, 0.2) is 11.5 Å². The van der Waals surface area contributed by atoms with E-state index in [-0.39, 0.29) is 18.0 Å². The summed E-state index contributed by atoms with van der Waals surface area (Å²) in [5.41, 5.74) is 4.38. The van der Waals surface area contributed by atoms with Crippen molar-refractivity contribution < 1.29 is 19.2 Å². The average Bonchev–Trinajstić information content (AvgIpc) is 3.12. The number of hydrogen-bond acceptors (Lipinski definition) is 7. The molecule has 2 aromatic carbocycles. The monoisotopic (exact) mass is 485 g/mol. The van der Waals surface area contributed by atoms with Gasteiger partial charge in [-0.15, -0.1) is 0 Å². The van der Waals surface area contributed by atoms with Gasteiger partial charge in [0.05, 0.1) is 18.2 Å². The minimum atomic E-state index is -0.792. The predicted molar refractivity (Wildman–Crippen MR) is 128 cm³/mol. The van der Waals surface area contributed by atoms with Crippen LogP contribution in [0.3, 0.4) is 0 Å². The lowest BCUT2D eigenvalue weighted by Crippen LogP contribution is -2.28. The second-order valence-corrected chi connectivity index (χ2v) is 7.83. The normalized spacial score (nSPS) is 11.9. The summed E-state index contributed by atoms with van der Waals surface area (Å²) in [4.78, 5) is 23.2. The maximum atomic E-state index is 12.5. The molecular weight excluding hydrogens is 462 g/mol. The highest BCUT2D eigenvalue weighted by atomic mass is 35.5. The molecule has 1 N–H and O–H groups in total. The molecule has 0 spiro atoms. The number of nitrogens with one attached hydrogen (secondary N) is 1. The molecule has 1 atom stereocenters. The third-order valence-corrected chi connectivity index (χ3v) is 5.50. The van der Waals surface area contributed by atoms with Gasteiger partial charge in [0.1, 0.15) is 24.0 Å². The van der Waals surface area contributed by atoms with Crippen molar-refractivity contribution in [1.82, 2.24) is 15.2 Å². The summed E-state index contributed by atoms with van der Waals surface area (Å²) in [5, 5.41) is 19.9. The zero-order valence-corrected chi connectivity index (χ0v) is 19.9. The van der Waals surface area contributed by atoms with E-state index in [1.807, 2.05) is 18.2 Å². The lowest BCUT2D eigenvalue weighted by molar-refractivity contribution is -0.386. The first kappa shape index (κ1) is 24.7. The molecule has 3 aromatic rings. The maximum Gasteiger partial charge on any atom is 0.312 e. The van der Waals surface area contributed by atoms with Gasteiger partial charge in [0.2, 0.25) is 0 Å². The molecule has 0 saturated carbocycles. The summed E-state index contributed by atoms with van der Waals surface area (Å²) in [7, 11) is 1.52. The zero-order chi connectivity index (χ0) is 24.8. The van der Waals surface area contributed by atoms with Gasteiger partial charge in [0, 0.05) is 10.6 Å². The van der Waals surface area contributed by atoms with Gasteiger partial charge in [-0.3, -0.25) is 19.6 Å². The first-order chi connectivity index (χ1) is 16.2. The Kier molecular flexibility index (Phi) is 7.85. The Hall–Kier alpha value is -3.92. The van der Waals surface area contributed by atoms with Gasteiger partial charge in [-0.2, -0.15) is 10.2 Å². The summed E-state index contributed by atoms with van der Waals surface area (Å²) in [6.45, 7) is 4.94. The average molecular weight is 486 g/mol. The molecule has 34 heavy (non-hydrogen) atoms. The van der Waals surface area contributed by atoms with E-state index in [0.29, 0.717) is 27.8 Å². The van der Waals surface area contributed by atoms with Crippen LogP contribution in [-0.4, -0.2) is 33.9 Å². The van der Waals surface area contributed by atoms with E-state index < -0.39 is 16.9 Å². The highest BCUT2D eigenvalue weighted by Crippen LogP contribution is 2.29. The van der Waals surface area contributed by atoms with Gasteiger partial charge in [-0.1, -0.05) is 29.8 Å². The number of nitrogens with zero attached hydrogens (tertiary/aromatic N) is 4. The van der Waals surface area contributed by atoms with Crippen molar-refractivity contribution in [3.63, 3.8) is 0 Å². The van der Waals surface area contributed by atoms with E-state index in [4.69, 9.17) is 21.1 Å². The van der Waals surface area contributed by atoms with Gasteiger partial charge in [-0.25, -0.2) is 5.43 Å². The zero-order valence-electron chi connectivity index (χ0n) is 19.1. The molecule has 0 bridgehead atoms. The number of aromatic nitrogens is 2. The van der Waals surface area contributed by atoms with Crippen LogP contribution in [0.4, 0.5) is 5.69 Å². The van der Waals surface area contributed by atoms with Crippen LogP contribution in [0.2, 0.25) is 5.02 Å². The Morgan fingerprint density at radius 1 is 1.29 bits per heavy atom. The first-order valence-corrected chi connectivity index (χ1v) is 10.7. The van der Waals surface area contributed by atoms with Crippen LogP contribution in [0, 0.1) is 24.0 Å². The smallest absolute Gasteiger partial charge is 0.312 e. The molecule has 0 fully saturated rings. The van der Waals surface area contributed by atoms with Crippen molar-refractivity contribution in [3.05, 3.63) is 80.1 Å². The number of methoxy groups -OCH3 is 1. The summed E-state index contributed by atoms with van der Waals surface area (Å²) < 4.78 is 12.5. The molecule has 1 aromatic heterocycles. The number of halogens is 1. The van der Waals surface area contributed by atoms with Crippen LogP contribution in [0.15, 0.2) is 47.6 Å². The molecule has 0 radical (unpaired) electrons. The number of nitro groups is 1. The number of amides is 1. The quantitative estimate of drug-likeness (QED) is 0.273. The number of carbonyl (C=O) groups is 1. The van der Waals surface area contributed by atoms with E-state index in [2.05, 4.69) is 15.6 Å². The van der Waals surface area contributed by atoms with E-state index in [0.717, 1.165) is 5.56 Å². The lowest BCUT2D eigenvalue weighted by atomic mass is 10.2. The molecule has 0 aliphatic rings. The number of benzene rings is 2. The van der Waals surface area contributed by atoms with Crippen LogP contribution in [-0.2, 0) is 11.4 Å². The Balaban J connectivity index is 1.65. The number of hydrogen-bond donors (Lipinski definition) is 1. The van der Waals surface area contributed by atoms with E-state index in [1.165, 1.54) is 24.9 Å². The fourth-order valence-electron chi connectivity index (χ4n) is 3.33. The second kappa shape index (κ2) is 10.8. The van der Waals surface area contributed by atoms with Crippen LogP contribution >= 0.6 is 11.6 Å². The molecule has 178 valence electrons. The highest BCUT2D eigenvalue weighted by Gasteiger charge is 2.26. The van der Waals surface area contributed by atoms with Gasteiger partial charge < -0.3 is 9.47 Å². The molecule has 1 unspecified atom stereocenters. The van der Waals surface area contributed by atoms with Crippen molar-refractivity contribution in [2.75, 3.05) is 7.11 Å². The topological polar surface area (TPSA) is 121 Å². The summed E-state index contributed by atoms with van der Waals surface area (Å²) >= 11 is 6.17. The molecule has 1 heterocycles. The molecule has 0 aliphatic carbocycles. The van der Waals surface area contributed by atoms with Crippen LogP contribution in [0.1, 0.15) is 35.5 Å². The molecule has 1 amide bonds. The maximum absolute atomic E-state index is 12.5.